The van der Waals surface area contributed by atoms with E-state index in [-0.39, 0.29) is 5.60 Å². The van der Waals surface area contributed by atoms with Gasteiger partial charge < -0.3 is 14.2 Å². The lowest BCUT2D eigenvalue weighted by Crippen LogP contribution is -2.35. The van der Waals surface area contributed by atoms with Crippen LogP contribution in [0.3, 0.4) is 0 Å². The fourth-order valence-corrected chi connectivity index (χ4v) is 2.97. The molecule has 1 fully saturated rings. The van der Waals surface area contributed by atoms with Crippen LogP contribution >= 0.6 is 15.9 Å². The van der Waals surface area contributed by atoms with Gasteiger partial charge in [0, 0.05) is 12.4 Å². The summed E-state index contributed by atoms with van der Waals surface area (Å²) in [7, 11) is 1.69. The summed E-state index contributed by atoms with van der Waals surface area (Å²) in [6.45, 7) is 2.66. The minimum atomic E-state index is 0.0567. The van der Waals surface area contributed by atoms with E-state index in [2.05, 4.69) is 15.9 Å². The van der Waals surface area contributed by atoms with Crippen molar-refractivity contribution in [2.45, 2.75) is 44.1 Å². The molecular formula is C13H25BrO3. The van der Waals surface area contributed by atoms with Crippen LogP contribution < -0.4 is 0 Å². The maximum Gasteiger partial charge on any atom is 0.0780 e. The van der Waals surface area contributed by atoms with E-state index in [1.165, 1.54) is 38.5 Å². The largest absolute Gasteiger partial charge is 0.382 e. The van der Waals surface area contributed by atoms with Crippen LogP contribution in [0.1, 0.15) is 38.5 Å². The monoisotopic (exact) mass is 308 g/mol. The summed E-state index contributed by atoms with van der Waals surface area (Å²) in [6.07, 6.45) is 7.63. The molecule has 17 heavy (non-hydrogen) atoms. The highest BCUT2D eigenvalue weighted by Crippen LogP contribution is 2.31. The van der Waals surface area contributed by atoms with E-state index in [4.69, 9.17) is 14.2 Å². The first-order chi connectivity index (χ1) is 8.33. The summed E-state index contributed by atoms with van der Waals surface area (Å²) in [4.78, 5) is 0. The fourth-order valence-electron chi connectivity index (χ4n) is 2.25. The third-order valence-corrected chi connectivity index (χ3v) is 4.35. The Morgan fingerprint density at radius 3 is 2.18 bits per heavy atom. The van der Waals surface area contributed by atoms with Crippen molar-refractivity contribution in [1.82, 2.24) is 0 Å². The Balaban J connectivity index is 2.16. The van der Waals surface area contributed by atoms with Crippen molar-refractivity contribution < 1.29 is 14.2 Å². The van der Waals surface area contributed by atoms with Crippen LogP contribution in [0.5, 0.6) is 0 Å². The third-order valence-electron chi connectivity index (χ3n) is 3.33. The van der Waals surface area contributed by atoms with Gasteiger partial charge in [-0.3, -0.25) is 0 Å². The molecule has 0 unspecified atom stereocenters. The lowest BCUT2D eigenvalue weighted by Gasteiger charge is -2.31. The molecule has 0 aromatic rings. The molecule has 1 rings (SSSR count). The lowest BCUT2D eigenvalue weighted by atomic mass is 9.97. The maximum atomic E-state index is 6.07. The van der Waals surface area contributed by atoms with Crippen molar-refractivity contribution in [2.24, 2.45) is 0 Å². The van der Waals surface area contributed by atoms with E-state index in [9.17, 15) is 0 Å². The topological polar surface area (TPSA) is 27.7 Å². The van der Waals surface area contributed by atoms with Crippen LogP contribution in [0.2, 0.25) is 0 Å². The standard InChI is InChI=1S/C13H25BrO3/c1-15-8-9-16-10-11-17-13(12-14)6-4-2-3-5-7-13/h2-12H2,1H3. The molecular weight excluding hydrogens is 284 g/mol. The predicted octanol–water partition coefficient (Wildman–Crippen LogP) is 3.15. The molecule has 3 nitrogen and oxygen atoms in total. The van der Waals surface area contributed by atoms with E-state index in [1.807, 2.05) is 0 Å². The van der Waals surface area contributed by atoms with E-state index < -0.39 is 0 Å². The highest BCUT2D eigenvalue weighted by molar-refractivity contribution is 9.09. The molecule has 1 aliphatic rings. The number of halogens is 1. The number of alkyl halides is 1. The fraction of sp³-hybridized carbons (Fsp3) is 1.00. The maximum absolute atomic E-state index is 6.07. The molecule has 0 radical (unpaired) electrons. The Morgan fingerprint density at radius 2 is 1.59 bits per heavy atom. The van der Waals surface area contributed by atoms with Gasteiger partial charge in [-0.1, -0.05) is 41.6 Å². The molecule has 0 N–H and O–H groups in total. The van der Waals surface area contributed by atoms with Crippen LogP contribution in [0.4, 0.5) is 0 Å². The molecule has 0 amide bonds. The summed E-state index contributed by atoms with van der Waals surface area (Å²) in [5.41, 5.74) is 0.0567. The average molecular weight is 309 g/mol. The van der Waals surface area contributed by atoms with Gasteiger partial charge in [-0.05, 0) is 12.8 Å². The average Bonchev–Trinajstić information content (AvgIpc) is 2.60. The Kier molecular flexibility index (Phi) is 8.44. The second-order valence-electron chi connectivity index (χ2n) is 4.68. The Morgan fingerprint density at radius 1 is 0.941 bits per heavy atom. The second kappa shape index (κ2) is 9.31. The minimum absolute atomic E-state index is 0.0567. The second-order valence-corrected chi connectivity index (χ2v) is 5.25. The highest BCUT2D eigenvalue weighted by Gasteiger charge is 2.30. The Bertz CT molecular complexity index is 180. The van der Waals surface area contributed by atoms with Crippen LogP contribution in [-0.4, -0.2) is 44.5 Å². The molecule has 0 spiro atoms. The minimum Gasteiger partial charge on any atom is -0.382 e. The quantitative estimate of drug-likeness (QED) is 0.392. The normalized spacial score (nSPS) is 20.1. The zero-order valence-electron chi connectivity index (χ0n) is 10.9. The van der Waals surface area contributed by atoms with Crippen molar-refractivity contribution in [2.75, 3.05) is 38.9 Å². The number of methoxy groups -OCH3 is 1. The third kappa shape index (κ3) is 6.18. The lowest BCUT2D eigenvalue weighted by molar-refractivity contribution is -0.0643. The van der Waals surface area contributed by atoms with Gasteiger partial charge in [-0.15, -0.1) is 0 Å². The van der Waals surface area contributed by atoms with Crippen molar-refractivity contribution >= 4 is 15.9 Å². The van der Waals surface area contributed by atoms with Crippen LogP contribution in [-0.2, 0) is 14.2 Å². The van der Waals surface area contributed by atoms with E-state index >= 15 is 0 Å². The molecule has 1 aliphatic carbocycles. The van der Waals surface area contributed by atoms with Gasteiger partial charge in [0.1, 0.15) is 0 Å². The summed E-state index contributed by atoms with van der Waals surface area (Å²) in [5.74, 6) is 0. The molecule has 4 heteroatoms. The Labute approximate surface area is 113 Å². The van der Waals surface area contributed by atoms with Crippen molar-refractivity contribution in [3.05, 3.63) is 0 Å². The van der Waals surface area contributed by atoms with E-state index in [0.29, 0.717) is 26.4 Å². The van der Waals surface area contributed by atoms with Gasteiger partial charge >= 0.3 is 0 Å². The summed E-state index contributed by atoms with van der Waals surface area (Å²) >= 11 is 3.61. The summed E-state index contributed by atoms with van der Waals surface area (Å²) in [6, 6.07) is 0. The molecule has 102 valence electrons. The van der Waals surface area contributed by atoms with E-state index in [1.54, 1.807) is 7.11 Å². The SMILES string of the molecule is COCCOCCOC1(CBr)CCCCCC1. The number of ether oxygens (including phenoxy) is 3. The van der Waals surface area contributed by atoms with Crippen LogP contribution in [0.25, 0.3) is 0 Å². The van der Waals surface area contributed by atoms with Crippen molar-refractivity contribution in [1.29, 1.82) is 0 Å². The molecule has 0 saturated heterocycles. The van der Waals surface area contributed by atoms with Gasteiger partial charge in [0.15, 0.2) is 0 Å². The summed E-state index contributed by atoms with van der Waals surface area (Å²) in [5, 5.41) is 0.943. The molecule has 1 saturated carbocycles. The zero-order valence-corrected chi connectivity index (χ0v) is 12.5. The first-order valence-corrected chi connectivity index (χ1v) is 7.72. The first-order valence-electron chi connectivity index (χ1n) is 6.59. The van der Waals surface area contributed by atoms with E-state index in [0.717, 1.165) is 5.33 Å². The van der Waals surface area contributed by atoms with Crippen molar-refractivity contribution in [3.8, 4) is 0 Å². The summed E-state index contributed by atoms with van der Waals surface area (Å²) < 4.78 is 16.4. The molecule has 0 heterocycles. The highest BCUT2D eigenvalue weighted by atomic mass is 79.9. The molecule has 0 atom stereocenters. The van der Waals surface area contributed by atoms with Gasteiger partial charge in [0.05, 0.1) is 32.0 Å². The molecule has 0 aromatic heterocycles. The first kappa shape index (κ1) is 15.4. The Hall–Kier alpha value is 0.360. The number of rotatable bonds is 8. The predicted molar refractivity (Wildman–Crippen MR) is 72.9 cm³/mol. The van der Waals surface area contributed by atoms with Crippen LogP contribution in [0, 0.1) is 0 Å². The molecule has 0 bridgehead atoms. The smallest absolute Gasteiger partial charge is 0.0780 e. The van der Waals surface area contributed by atoms with Gasteiger partial charge in [-0.2, -0.15) is 0 Å². The van der Waals surface area contributed by atoms with Crippen LogP contribution in [0.15, 0.2) is 0 Å². The molecule has 0 aliphatic heterocycles. The van der Waals surface area contributed by atoms with Crippen molar-refractivity contribution in [3.63, 3.8) is 0 Å². The van der Waals surface area contributed by atoms with Gasteiger partial charge in [0.2, 0.25) is 0 Å². The number of hydrogen-bond acceptors (Lipinski definition) is 3. The number of hydrogen-bond donors (Lipinski definition) is 0. The van der Waals surface area contributed by atoms with Gasteiger partial charge in [0.25, 0.3) is 0 Å². The molecule has 0 aromatic carbocycles. The zero-order chi connectivity index (χ0) is 12.4. The van der Waals surface area contributed by atoms with Gasteiger partial charge in [-0.25, -0.2) is 0 Å².